The van der Waals surface area contributed by atoms with Crippen molar-refractivity contribution < 1.29 is 37.1 Å². The largest absolute Gasteiger partial charge is 0.408 e. The van der Waals surface area contributed by atoms with Crippen molar-refractivity contribution in [2.75, 3.05) is 5.32 Å². The topological polar surface area (TPSA) is 24.9 Å². The number of halogens is 1. The summed E-state index contributed by atoms with van der Waals surface area (Å²) in [6.07, 6.45) is 4.36. The summed E-state index contributed by atoms with van der Waals surface area (Å²) in [5.41, 5.74) is 3.14. The number of nitrogens with one attached hydrogen (secondary N) is 1. The number of benzene rings is 1. The number of pyridine rings is 1. The van der Waals surface area contributed by atoms with E-state index in [0.717, 1.165) is 11.3 Å². The molecule has 0 amide bonds. The SMILES string of the molecule is C=C(Nc1c[c-]ncc1)c1c(C)ccc(C(C)(C)C)c1F.CC.[Y]. The van der Waals surface area contributed by atoms with E-state index in [1.807, 2.05) is 53.7 Å². The molecule has 0 bridgehead atoms. The molecule has 1 aromatic carbocycles. The van der Waals surface area contributed by atoms with Crippen LogP contribution in [0.4, 0.5) is 10.1 Å². The number of hydrogen-bond donors (Lipinski definition) is 1. The molecular formula is C20H26FN2Y-. The third kappa shape index (κ3) is 5.79. The summed E-state index contributed by atoms with van der Waals surface area (Å²) in [4.78, 5) is 3.84. The molecule has 2 aromatic rings. The van der Waals surface area contributed by atoms with Crippen molar-refractivity contribution in [1.82, 2.24) is 4.98 Å². The Bertz CT molecular complexity index is 661. The minimum Gasteiger partial charge on any atom is -0.408 e. The van der Waals surface area contributed by atoms with Crippen LogP contribution in [0.5, 0.6) is 0 Å². The Morgan fingerprint density at radius 2 is 1.83 bits per heavy atom. The first kappa shape index (κ1) is 22.9. The van der Waals surface area contributed by atoms with Gasteiger partial charge in [-0.1, -0.05) is 71.4 Å². The van der Waals surface area contributed by atoms with Gasteiger partial charge in [0.05, 0.1) is 0 Å². The second-order valence-corrected chi connectivity index (χ2v) is 6.15. The molecule has 0 saturated carbocycles. The van der Waals surface area contributed by atoms with Crippen LogP contribution in [0.15, 0.2) is 37.0 Å². The first-order valence-corrected chi connectivity index (χ1v) is 7.88. The van der Waals surface area contributed by atoms with Gasteiger partial charge in [0.25, 0.3) is 0 Å². The van der Waals surface area contributed by atoms with E-state index in [-0.39, 0.29) is 43.9 Å². The van der Waals surface area contributed by atoms with Gasteiger partial charge in [-0.25, -0.2) is 4.39 Å². The molecule has 4 heteroatoms. The van der Waals surface area contributed by atoms with E-state index < -0.39 is 0 Å². The summed E-state index contributed by atoms with van der Waals surface area (Å²) >= 11 is 0. The predicted molar refractivity (Wildman–Crippen MR) is 96.9 cm³/mol. The maximum atomic E-state index is 14.9. The molecule has 1 heterocycles. The average Bonchev–Trinajstić information content (AvgIpc) is 2.49. The van der Waals surface area contributed by atoms with Gasteiger partial charge in [0.15, 0.2) is 0 Å². The quantitative estimate of drug-likeness (QED) is 0.663. The molecule has 1 N–H and O–H groups in total. The Kier molecular flexibility index (Phi) is 9.61. The Labute approximate surface area is 170 Å². The minimum atomic E-state index is -0.253. The van der Waals surface area contributed by atoms with Gasteiger partial charge in [0.2, 0.25) is 0 Å². The maximum Gasteiger partial charge on any atom is 0.136 e. The second-order valence-electron chi connectivity index (χ2n) is 6.15. The van der Waals surface area contributed by atoms with Crippen molar-refractivity contribution >= 4 is 11.4 Å². The van der Waals surface area contributed by atoms with Gasteiger partial charge in [0.1, 0.15) is 5.82 Å². The van der Waals surface area contributed by atoms with Crippen LogP contribution in [-0.2, 0) is 38.1 Å². The minimum absolute atomic E-state index is 0. The molecule has 0 aliphatic heterocycles. The number of rotatable bonds is 3. The number of aryl methyl sites for hydroxylation is 1. The van der Waals surface area contributed by atoms with Crippen LogP contribution in [0.2, 0.25) is 0 Å². The molecule has 2 nitrogen and oxygen atoms in total. The van der Waals surface area contributed by atoms with Gasteiger partial charge in [-0.2, -0.15) is 0 Å². The van der Waals surface area contributed by atoms with Crippen LogP contribution in [0.25, 0.3) is 5.70 Å². The van der Waals surface area contributed by atoms with Gasteiger partial charge >= 0.3 is 0 Å². The van der Waals surface area contributed by atoms with Crippen LogP contribution in [-0.4, -0.2) is 4.98 Å². The first-order chi connectivity index (χ1) is 10.8. The standard InChI is InChI=1S/C18H20FN2.C2H6.Y/c1-12-6-7-15(18(3,4)5)17(19)16(12)13(2)21-14-8-10-20-11-9-14;1-2;/h6-10H,2H2,1,3-5H3,(H,20,21);1-2H3;/q-1;;. The summed E-state index contributed by atoms with van der Waals surface area (Å²) in [6.45, 7) is 15.9. The van der Waals surface area contributed by atoms with E-state index in [1.165, 1.54) is 0 Å². The number of aromatic nitrogens is 1. The van der Waals surface area contributed by atoms with E-state index >= 15 is 0 Å². The van der Waals surface area contributed by atoms with Crippen molar-refractivity contribution in [3.05, 3.63) is 65.7 Å². The fourth-order valence-electron chi connectivity index (χ4n) is 2.25. The number of nitrogens with zero attached hydrogens (tertiary/aromatic N) is 1. The molecule has 0 unspecified atom stereocenters. The Morgan fingerprint density at radius 1 is 1.21 bits per heavy atom. The predicted octanol–water partition coefficient (Wildman–Crippen LogP) is 5.73. The summed E-state index contributed by atoms with van der Waals surface area (Å²) in [5.74, 6) is -0.210. The van der Waals surface area contributed by atoms with Crippen LogP contribution in [0.1, 0.15) is 51.3 Å². The van der Waals surface area contributed by atoms with Crippen molar-refractivity contribution in [3.63, 3.8) is 0 Å². The van der Waals surface area contributed by atoms with Crippen molar-refractivity contribution in [1.29, 1.82) is 0 Å². The average molecular weight is 402 g/mol. The Balaban J connectivity index is 0.00000170. The molecule has 0 saturated heterocycles. The van der Waals surface area contributed by atoms with Crippen LogP contribution < -0.4 is 5.32 Å². The van der Waals surface area contributed by atoms with Crippen LogP contribution >= 0.6 is 0 Å². The fraction of sp³-hybridized carbons (Fsp3) is 0.350. The first-order valence-electron chi connectivity index (χ1n) is 7.88. The zero-order valence-corrected chi connectivity index (χ0v) is 18.3. The second kappa shape index (κ2) is 10.1. The van der Waals surface area contributed by atoms with Crippen LogP contribution in [0, 0.1) is 18.9 Å². The van der Waals surface area contributed by atoms with Gasteiger partial charge in [-0.05, 0) is 23.5 Å². The Morgan fingerprint density at radius 3 is 2.33 bits per heavy atom. The number of anilines is 1. The monoisotopic (exact) mass is 402 g/mol. The molecule has 127 valence electrons. The smallest absolute Gasteiger partial charge is 0.136 e. The van der Waals surface area contributed by atoms with Gasteiger partial charge < -0.3 is 10.3 Å². The zero-order chi connectivity index (χ0) is 17.6. The van der Waals surface area contributed by atoms with Crippen molar-refractivity contribution in [3.8, 4) is 0 Å². The van der Waals surface area contributed by atoms with E-state index in [9.17, 15) is 4.39 Å². The Hall–Kier alpha value is -1.06. The molecular weight excluding hydrogens is 376 g/mol. The van der Waals surface area contributed by atoms with E-state index in [2.05, 4.69) is 23.1 Å². The zero-order valence-electron chi connectivity index (χ0n) is 15.5. The molecule has 0 fully saturated rings. The molecule has 1 aromatic heterocycles. The van der Waals surface area contributed by atoms with E-state index in [4.69, 9.17) is 0 Å². The van der Waals surface area contributed by atoms with Gasteiger partial charge in [-0.3, -0.25) is 0 Å². The van der Waals surface area contributed by atoms with Crippen LogP contribution in [0.3, 0.4) is 0 Å². The summed E-state index contributed by atoms with van der Waals surface area (Å²) < 4.78 is 14.9. The fourth-order valence-corrected chi connectivity index (χ4v) is 2.25. The molecule has 0 spiro atoms. The van der Waals surface area contributed by atoms with Crippen molar-refractivity contribution in [2.24, 2.45) is 0 Å². The van der Waals surface area contributed by atoms with E-state index in [0.29, 0.717) is 16.8 Å². The van der Waals surface area contributed by atoms with Crippen molar-refractivity contribution in [2.45, 2.75) is 47.0 Å². The molecule has 24 heavy (non-hydrogen) atoms. The maximum absolute atomic E-state index is 14.9. The molecule has 0 aliphatic carbocycles. The third-order valence-corrected chi connectivity index (χ3v) is 3.38. The summed E-state index contributed by atoms with van der Waals surface area (Å²) in [5, 5.41) is 3.11. The summed E-state index contributed by atoms with van der Waals surface area (Å²) in [6, 6.07) is 7.28. The normalized spacial score (nSPS) is 10.1. The summed E-state index contributed by atoms with van der Waals surface area (Å²) in [7, 11) is 0. The molecule has 0 atom stereocenters. The molecule has 0 aliphatic rings. The molecule has 1 radical (unpaired) electrons. The van der Waals surface area contributed by atoms with Gasteiger partial charge in [-0.15, -0.1) is 12.1 Å². The third-order valence-electron chi connectivity index (χ3n) is 3.38. The van der Waals surface area contributed by atoms with E-state index in [1.54, 1.807) is 18.3 Å². The molecule has 2 rings (SSSR count). The number of hydrogen-bond acceptors (Lipinski definition) is 2. The van der Waals surface area contributed by atoms with Gasteiger partial charge in [0, 0.05) is 44.0 Å².